The van der Waals surface area contributed by atoms with Gasteiger partial charge >= 0.3 is 0 Å². The van der Waals surface area contributed by atoms with Gasteiger partial charge in [0.2, 0.25) is 0 Å². The SMILES string of the molecule is CC(CN1C(=O)C(=O)c2ccccc21)S(=O)(=O)O. The summed E-state index contributed by atoms with van der Waals surface area (Å²) in [6.45, 7) is 1.02. The normalized spacial score (nSPS) is 16.9. The van der Waals surface area contributed by atoms with Crippen LogP contribution in [0.1, 0.15) is 17.3 Å². The van der Waals surface area contributed by atoms with Gasteiger partial charge in [0, 0.05) is 6.54 Å². The highest BCUT2D eigenvalue weighted by Crippen LogP contribution is 2.28. The number of para-hydroxylation sites is 1. The standard InChI is InChI=1S/C11H11NO5S/c1-7(18(15,16)17)6-12-9-5-3-2-4-8(9)10(13)11(12)14/h2-5,7H,6H2,1H3,(H,15,16,17). The van der Waals surface area contributed by atoms with E-state index in [4.69, 9.17) is 4.55 Å². The topological polar surface area (TPSA) is 91.8 Å². The predicted molar refractivity (Wildman–Crippen MR) is 64.1 cm³/mol. The molecule has 1 heterocycles. The van der Waals surface area contributed by atoms with Crippen LogP contribution in [-0.2, 0) is 14.9 Å². The number of nitrogens with zero attached hydrogens (tertiary/aromatic N) is 1. The van der Waals surface area contributed by atoms with E-state index < -0.39 is 27.1 Å². The Labute approximate surface area is 104 Å². The third kappa shape index (κ3) is 2.02. The van der Waals surface area contributed by atoms with Crippen LogP contribution >= 0.6 is 0 Å². The van der Waals surface area contributed by atoms with Crippen molar-refractivity contribution in [1.82, 2.24) is 0 Å². The number of hydrogen-bond acceptors (Lipinski definition) is 4. The molecule has 0 saturated carbocycles. The van der Waals surface area contributed by atoms with Crippen molar-refractivity contribution in [2.45, 2.75) is 12.2 Å². The van der Waals surface area contributed by atoms with E-state index in [9.17, 15) is 18.0 Å². The maximum Gasteiger partial charge on any atom is 0.299 e. The summed E-state index contributed by atoms with van der Waals surface area (Å²) in [7, 11) is -4.24. The average molecular weight is 269 g/mol. The molecule has 1 amide bonds. The number of rotatable bonds is 3. The van der Waals surface area contributed by atoms with E-state index in [1.165, 1.54) is 13.0 Å². The van der Waals surface area contributed by atoms with Crippen LogP contribution in [0.15, 0.2) is 24.3 Å². The van der Waals surface area contributed by atoms with Gasteiger partial charge in [0.25, 0.3) is 21.8 Å². The number of amides is 1. The molecule has 0 bridgehead atoms. The van der Waals surface area contributed by atoms with Gasteiger partial charge in [-0.2, -0.15) is 8.42 Å². The Morgan fingerprint density at radius 1 is 1.28 bits per heavy atom. The fraction of sp³-hybridized carbons (Fsp3) is 0.273. The van der Waals surface area contributed by atoms with Gasteiger partial charge in [-0.3, -0.25) is 14.1 Å². The maximum atomic E-state index is 11.7. The van der Waals surface area contributed by atoms with Crippen LogP contribution in [0.3, 0.4) is 0 Å². The molecule has 0 radical (unpaired) electrons. The van der Waals surface area contributed by atoms with E-state index in [1.54, 1.807) is 18.2 Å². The lowest BCUT2D eigenvalue weighted by molar-refractivity contribution is -0.114. The lowest BCUT2D eigenvalue weighted by Gasteiger charge is -2.19. The summed E-state index contributed by atoms with van der Waals surface area (Å²) < 4.78 is 30.8. The third-order valence-corrected chi connectivity index (χ3v) is 3.99. The highest BCUT2D eigenvalue weighted by Gasteiger charge is 2.37. The molecule has 0 aliphatic carbocycles. The van der Waals surface area contributed by atoms with Gasteiger partial charge in [0.05, 0.1) is 11.3 Å². The lowest BCUT2D eigenvalue weighted by Crippen LogP contribution is -2.38. The number of carbonyl (C=O) groups excluding carboxylic acids is 2. The van der Waals surface area contributed by atoms with Crippen molar-refractivity contribution >= 4 is 27.5 Å². The van der Waals surface area contributed by atoms with E-state index in [-0.39, 0.29) is 12.1 Å². The first-order valence-electron chi connectivity index (χ1n) is 5.24. The molecule has 1 N–H and O–H groups in total. The summed E-state index contributed by atoms with van der Waals surface area (Å²) in [4.78, 5) is 24.4. The van der Waals surface area contributed by atoms with Crippen molar-refractivity contribution in [1.29, 1.82) is 0 Å². The first kappa shape index (κ1) is 12.7. The Hall–Kier alpha value is -1.73. The number of ketones is 1. The van der Waals surface area contributed by atoms with Crippen molar-refractivity contribution in [2.75, 3.05) is 11.4 Å². The predicted octanol–water partition coefficient (Wildman–Crippen LogP) is 0.492. The summed E-state index contributed by atoms with van der Waals surface area (Å²) in [5.74, 6) is -1.43. The van der Waals surface area contributed by atoms with Crippen molar-refractivity contribution < 1.29 is 22.6 Å². The minimum atomic E-state index is -4.24. The smallest absolute Gasteiger partial charge is 0.299 e. The van der Waals surface area contributed by atoms with Crippen LogP contribution < -0.4 is 4.90 Å². The van der Waals surface area contributed by atoms with Crippen molar-refractivity contribution in [3.63, 3.8) is 0 Å². The van der Waals surface area contributed by atoms with Gasteiger partial charge in [-0.1, -0.05) is 12.1 Å². The minimum Gasteiger partial charge on any atom is -0.303 e. The van der Waals surface area contributed by atoms with E-state index in [1.807, 2.05) is 0 Å². The Morgan fingerprint density at radius 2 is 1.89 bits per heavy atom. The molecule has 0 aromatic heterocycles. The molecule has 0 spiro atoms. The van der Waals surface area contributed by atoms with Gasteiger partial charge in [-0.05, 0) is 19.1 Å². The summed E-state index contributed by atoms with van der Waals surface area (Å²) in [6, 6.07) is 6.35. The lowest BCUT2D eigenvalue weighted by atomic mass is 10.1. The molecule has 1 aliphatic rings. The van der Waals surface area contributed by atoms with Crippen LogP contribution in [0, 0.1) is 0 Å². The van der Waals surface area contributed by atoms with Gasteiger partial charge in [-0.15, -0.1) is 0 Å². The molecule has 18 heavy (non-hydrogen) atoms. The Bertz CT molecular complexity index is 622. The van der Waals surface area contributed by atoms with E-state index >= 15 is 0 Å². The summed E-state index contributed by atoms with van der Waals surface area (Å²) in [5, 5.41) is -1.15. The van der Waals surface area contributed by atoms with Gasteiger partial charge in [0.15, 0.2) is 0 Å². The number of hydrogen-bond donors (Lipinski definition) is 1. The number of carbonyl (C=O) groups is 2. The fourth-order valence-corrected chi connectivity index (χ4v) is 2.12. The van der Waals surface area contributed by atoms with Crippen LogP contribution in [0.5, 0.6) is 0 Å². The van der Waals surface area contributed by atoms with Crippen molar-refractivity contribution in [3.8, 4) is 0 Å². The van der Waals surface area contributed by atoms with Crippen LogP contribution in [-0.4, -0.2) is 36.5 Å². The molecule has 2 rings (SSSR count). The maximum absolute atomic E-state index is 11.7. The van der Waals surface area contributed by atoms with Crippen LogP contribution in [0.25, 0.3) is 0 Å². The molecule has 0 fully saturated rings. The molecule has 1 atom stereocenters. The molecule has 1 aromatic carbocycles. The van der Waals surface area contributed by atoms with E-state index in [0.29, 0.717) is 5.69 Å². The second-order valence-corrected chi connectivity index (χ2v) is 5.92. The van der Waals surface area contributed by atoms with Gasteiger partial charge in [0.1, 0.15) is 5.25 Å². The molecular weight excluding hydrogens is 258 g/mol. The quantitative estimate of drug-likeness (QED) is 0.637. The van der Waals surface area contributed by atoms with Crippen LogP contribution in [0.4, 0.5) is 5.69 Å². The average Bonchev–Trinajstić information content (AvgIpc) is 2.54. The second-order valence-electron chi connectivity index (χ2n) is 4.09. The van der Waals surface area contributed by atoms with E-state index in [0.717, 1.165) is 4.90 Å². The number of fused-ring (bicyclic) bond motifs is 1. The summed E-state index contributed by atoms with van der Waals surface area (Å²) in [6.07, 6.45) is 0. The molecule has 7 heteroatoms. The molecule has 0 saturated heterocycles. The third-order valence-electron chi connectivity index (χ3n) is 2.83. The number of benzene rings is 1. The molecule has 96 valence electrons. The van der Waals surface area contributed by atoms with E-state index in [2.05, 4.69) is 0 Å². The Morgan fingerprint density at radius 3 is 2.50 bits per heavy atom. The largest absolute Gasteiger partial charge is 0.303 e. The van der Waals surface area contributed by atoms with Crippen LogP contribution in [0.2, 0.25) is 0 Å². The zero-order valence-electron chi connectivity index (χ0n) is 9.53. The molecule has 1 unspecified atom stereocenters. The second kappa shape index (κ2) is 4.18. The minimum absolute atomic E-state index is 0.250. The first-order chi connectivity index (χ1) is 8.32. The number of anilines is 1. The zero-order chi connectivity index (χ0) is 13.5. The Kier molecular flexibility index (Phi) is 2.95. The van der Waals surface area contributed by atoms with Gasteiger partial charge < -0.3 is 4.90 Å². The molecular formula is C11H11NO5S. The van der Waals surface area contributed by atoms with Gasteiger partial charge in [-0.25, -0.2) is 0 Å². The molecule has 6 nitrogen and oxygen atoms in total. The first-order valence-corrected chi connectivity index (χ1v) is 6.74. The monoisotopic (exact) mass is 269 g/mol. The van der Waals surface area contributed by atoms with Crippen molar-refractivity contribution in [2.24, 2.45) is 0 Å². The molecule has 1 aliphatic heterocycles. The number of Topliss-reactive ketones (excluding diaryl/α,β-unsaturated/α-hetero) is 1. The summed E-state index contributed by atoms with van der Waals surface area (Å²) in [5.41, 5.74) is 0.632. The zero-order valence-corrected chi connectivity index (χ0v) is 10.3. The summed E-state index contributed by atoms with van der Waals surface area (Å²) >= 11 is 0. The molecule has 1 aromatic rings. The Balaban J connectivity index is 2.36. The highest BCUT2D eigenvalue weighted by atomic mass is 32.2. The highest BCUT2D eigenvalue weighted by molar-refractivity contribution is 7.86. The fourth-order valence-electron chi connectivity index (χ4n) is 1.78. The van der Waals surface area contributed by atoms with Crippen molar-refractivity contribution in [3.05, 3.63) is 29.8 Å².